The molecule has 1 aliphatic rings. The van der Waals surface area contributed by atoms with E-state index in [1.807, 2.05) is 6.07 Å². The van der Waals surface area contributed by atoms with E-state index in [4.69, 9.17) is 9.26 Å². The Bertz CT molecular complexity index is 683. The summed E-state index contributed by atoms with van der Waals surface area (Å²) >= 11 is 0. The van der Waals surface area contributed by atoms with E-state index in [-0.39, 0.29) is 11.6 Å². The second-order valence-electron chi connectivity index (χ2n) is 6.38. The number of rotatable bonds is 7. The molecular weight excluding hydrogens is 323 g/mol. The minimum Gasteiger partial charge on any atom is -0.494 e. The lowest BCUT2D eigenvalue weighted by Crippen LogP contribution is -2.45. The third-order valence-corrected chi connectivity index (χ3v) is 4.43. The summed E-state index contributed by atoms with van der Waals surface area (Å²) in [5.41, 5.74) is 0.966. The van der Waals surface area contributed by atoms with E-state index < -0.39 is 0 Å². The monoisotopic (exact) mass is 348 g/mol. The van der Waals surface area contributed by atoms with Crippen LogP contribution in [-0.4, -0.2) is 53.2 Å². The van der Waals surface area contributed by atoms with Crippen LogP contribution in [0.15, 0.2) is 22.7 Å². The lowest BCUT2D eigenvalue weighted by atomic mass is 10.2. The van der Waals surface area contributed by atoms with Crippen LogP contribution in [0.5, 0.6) is 5.75 Å². The van der Waals surface area contributed by atoms with Crippen molar-refractivity contribution in [2.45, 2.75) is 32.9 Å². The van der Waals surface area contributed by atoms with E-state index in [0.717, 1.165) is 57.0 Å². The Labute approximate surface area is 147 Å². The highest BCUT2D eigenvalue weighted by molar-refractivity contribution is 5.29. The molecule has 1 aliphatic heterocycles. The van der Waals surface area contributed by atoms with Gasteiger partial charge in [0.25, 0.3) is 0 Å². The van der Waals surface area contributed by atoms with Gasteiger partial charge >= 0.3 is 0 Å². The molecule has 0 amide bonds. The minimum absolute atomic E-state index is 0.288. The van der Waals surface area contributed by atoms with Gasteiger partial charge in [0, 0.05) is 39.1 Å². The first-order valence-electron chi connectivity index (χ1n) is 8.76. The molecule has 7 heteroatoms. The maximum absolute atomic E-state index is 13.8. The first-order valence-corrected chi connectivity index (χ1v) is 8.76. The average molecular weight is 348 g/mol. The van der Waals surface area contributed by atoms with Crippen molar-refractivity contribution in [2.75, 3.05) is 33.3 Å². The zero-order valence-corrected chi connectivity index (χ0v) is 14.9. The molecule has 136 valence electrons. The van der Waals surface area contributed by atoms with Crippen molar-refractivity contribution in [1.82, 2.24) is 19.9 Å². The summed E-state index contributed by atoms with van der Waals surface area (Å²) in [6, 6.07) is 5.16. The van der Waals surface area contributed by atoms with Gasteiger partial charge in [0.15, 0.2) is 17.4 Å². The highest BCUT2D eigenvalue weighted by Gasteiger charge is 2.19. The largest absolute Gasteiger partial charge is 0.494 e. The highest BCUT2D eigenvalue weighted by Crippen LogP contribution is 2.19. The molecule has 0 N–H and O–H groups in total. The van der Waals surface area contributed by atoms with Crippen molar-refractivity contribution in [1.29, 1.82) is 0 Å². The van der Waals surface area contributed by atoms with Crippen molar-refractivity contribution < 1.29 is 13.7 Å². The number of piperazine rings is 1. The van der Waals surface area contributed by atoms with E-state index >= 15 is 0 Å². The molecule has 0 spiro atoms. The molecule has 1 fully saturated rings. The van der Waals surface area contributed by atoms with Gasteiger partial charge in [-0.05, 0) is 24.1 Å². The SMILES string of the molecule is CCCc1noc(CN2CCN(Cc3ccc(OC)c(F)c3)CC2)n1. The van der Waals surface area contributed by atoms with E-state index in [0.29, 0.717) is 12.4 Å². The summed E-state index contributed by atoms with van der Waals surface area (Å²) in [6.07, 6.45) is 1.87. The normalized spacial score (nSPS) is 16.3. The summed E-state index contributed by atoms with van der Waals surface area (Å²) in [5, 5.41) is 4.00. The second-order valence-corrected chi connectivity index (χ2v) is 6.38. The van der Waals surface area contributed by atoms with Gasteiger partial charge in [-0.25, -0.2) is 4.39 Å². The molecule has 0 atom stereocenters. The third-order valence-electron chi connectivity index (χ3n) is 4.43. The molecule has 1 saturated heterocycles. The molecule has 1 aromatic carbocycles. The van der Waals surface area contributed by atoms with Crippen LogP contribution in [0.25, 0.3) is 0 Å². The minimum atomic E-state index is -0.307. The van der Waals surface area contributed by atoms with Crippen LogP contribution >= 0.6 is 0 Å². The predicted molar refractivity (Wildman–Crippen MR) is 91.8 cm³/mol. The fourth-order valence-electron chi connectivity index (χ4n) is 3.04. The lowest BCUT2D eigenvalue weighted by molar-refractivity contribution is 0.112. The van der Waals surface area contributed by atoms with Crippen molar-refractivity contribution in [3.63, 3.8) is 0 Å². The fourth-order valence-corrected chi connectivity index (χ4v) is 3.04. The van der Waals surface area contributed by atoms with Gasteiger partial charge in [0.05, 0.1) is 13.7 Å². The Morgan fingerprint density at radius 3 is 2.52 bits per heavy atom. The van der Waals surface area contributed by atoms with E-state index in [1.54, 1.807) is 12.1 Å². The molecule has 0 unspecified atom stereocenters. The van der Waals surface area contributed by atoms with Gasteiger partial charge < -0.3 is 9.26 Å². The number of nitrogens with zero attached hydrogens (tertiary/aromatic N) is 4. The number of aryl methyl sites for hydroxylation is 1. The summed E-state index contributed by atoms with van der Waals surface area (Å²) < 4.78 is 24.1. The molecule has 25 heavy (non-hydrogen) atoms. The van der Waals surface area contributed by atoms with Gasteiger partial charge in [-0.15, -0.1) is 0 Å². The molecule has 0 bridgehead atoms. The van der Waals surface area contributed by atoms with Crippen molar-refractivity contribution in [3.05, 3.63) is 41.3 Å². The molecule has 6 nitrogen and oxygen atoms in total. The van der Waals surface area contributed by atoms with Crippen LogP contribution in [0, 0.1) is 5.82 Å². The smallest absolute Gasteiger partial charge is 0.240 e. The predicted octanol–water partition coefficient (Wildman–Crippen LogP) is 2.49. The van der Waals surface area contributed by atoms with Crippen LogP contribution < -0.4 is 4.74 Å². The number of methoxy groups -OCH3 is 1. The van der Waals surface area contributed by atoms with Crippen LogP contribution in [0.1, 0.15) is 30.6 Å². The first kappa shape index (κ1) is 17.8. The van der Waals surface area contributed by atoms with Gasteiger partial charge in [-0.1, -0.05) is 18.1 Å². The zero-order chi connectivity index (χ0) is 17.6. The molecule has 1 aromatic heterocycles. The summed E-state index contributed by atoms with van der Waals surface area (Å²) in [4.78, 5) is 9.06. The molecule has 0 aliphatic carbocycles. The topological polar surface area (TPSA) is 54.6 Å². The van der Waals surface area contributed by atoms with Crippen molar-refractivity contribution in [2.24, 2.45) is 0 Å². The number of hydrogen-bond donors (Lipinski definition) is 0. The van der Waals surface area contributed by atoms with Crippen molar-refractivity contribution >= 4 is 0 Å². The average Bonchev–Trinajstić information content (AvgIpc) is 3.04. The molecule has 0 saturated carbocycles. The Kier molecular flexibility index (Phi) is 5.99. The molecule has 3 rings (SSSR count). The quantitative estimate of drug-likeness (QED) is 0.766. The number of benzene rings is 1. The van der Waals surface area contributed by atoms with Gasteiger partial charge in [0.2, 0.25) is 5.89 Å². The summed E-state index contributed by atoms with van der Waals surface area (Å²) in [7, 11) is 1.48. The number of aromatic nitrogens is 2. The van der Waals surface area contributed by atoms with E-state index in [1.165, 1.54) is 7.11 Å². The van der Waals surface area contributed by atoms with Gasteiger partial charge in [-0.2, -0.15) is 4.98 Å². The summed E-state index contributed by atoms with van der Waals surface area (Å²) in [6.45, 7) is 7.28. The third kappa shape index (κ3) is 4.76. The molecule has 2 heterocycles. The van der Waals surface area contributed by atoms with Crippen LogP contribution in [0.2, 0.25) is 0 Å². The maximum atomic E-state index is 13.8. The standard InChI is InChI=1S/C18H25FN4O2/c1-3-4-17-20-18(25-21-17)13-23-9-7-22(8-10-23)12-14-5-6-16(24-2)15(19)11-14/h5-6,11H,3-4,7-10,12-13H2,1-2H3. The zero-order valence-electron chi connectivity index (χ0n) is 14.9. The van der Waals surface area contributed by atoms with Gasteiger partial charge in [-0.3, -0.25) is 9.80 Å². The van der Waals surface area contributed by atoms with E-state index in [2.05, 4.69) is 26.9 Å². The fraction of sp³-hybridized carbons (Fsp3) is 0.556. The second kappa shape index (κ2) is 8.40. The Balaban J connectivity index is 1.47. The van der Waals surface area contributed by atoms with Crippen molar-refractivity contribution in [3.8, 4) is 5.75 Å². The maximum Gasteiger partial charge on any atom is 0.240 e. The molecular formula is C18H25FN4O2. The van der Waals surface area contributed by atoms with Crippen LogP contribution in [0.3, 0.4) is 0 Å². The van der Waals surface area contributed by atoms with Gasteiger partial charge in [0.1, 0.15) is 0 Å². The first-order chi connectivity index (χ1) is 12.2. The lowest BCUT2D eigenvalue weighted by Gasteiger charge is -2.33. The molecule has 2 aromatic rings. The Morgan fingerprint density at radius 1 is 1.16 bits per heavy atom. The summed E-state index contributed by atoms with van der Waals surface area (Å²) in [5.74, 6) is 1.46. The highest BCUT2D eigenvalue weighted by atomic mass is 19.1. The number of halogens is 1. The molecule has 0 radical (unpaired) electrons. The van der Waals surface area contributed by atoms with Crippen LogP contribution in [-0.2, 0) is 19.5 Å². The number of ether oxygens (including phenoxy) is 1. The Morgan fingerprint density at radius 2 is 1.88 bits per heavy atom. The number of hydrogen-bond acceptors (Lipinski definition) is 6. The Hall–Kier alpha value is -1.99. The van der Waals surface area contributed by atoms with E-state index in [9.17, 15) is 4.39 Å². The van der Waals surface area contributed by atoms with Crippen LogP contribution in [0.4, 0.5) is 4.39 Å².